The molecule has 4 aromatic carbocycles. The molecule has 0 saturated carbocycles. The molecule has 4 heteroatoms. The molecule has 30 heavy (non-hydrogen) atoms. The Balaban J connectivity index is 1.45. The van der Waals surface area contributed by atoms with E-state index in [1.807, 2.05) is 72.8 Å². The number of rotatable bonds is 5. The number of fused-ring (bicyclic) bond motifs is 1. The molecule has 146 valence electrons. The molecule has 1 heterocycles. The van der Waals surface area contributed by atoms with Gasteiger partial charge in [0, 0.05) is 11.4 Å². The molecule has 0 amide bonds. The number of imidazole rings is 1. The zero-order valence-corrected chi connectivity index (χ0v) is 16.4. The molecule has 0 unspecified atom stereocenters. The topological polar surface area (TPSA) is 49.8 Å². The number of nitrogens with zero attached hydrogens (tertiary/aromatic N) is 1. The number of hydrogen-bond acceptors (Lipinski definition) is 2. The van der Waals surface area contributed by atoms with E-state index < -0.39 is 0 Å². The highest BCUT2D eigenvalue weighted by Gasteiger charge is 2.09. The fourth-order valence-corrected chi connectivity index (χ4v) is 3.75. The van der Waals surface area contributed by atoms with Crippen molar-refractivity contribution >= 4 is 22.4 Å². The summed E-state index contributed by atoms with van der Waals surface area (Å²) < 4.78 is 1.78. The zero-order chi connectivity index (χ0) is 20.3. The van der Waals surface area contributed by atoms with E-state index >= 15 is 0 Å². The Morgan fingerprint density at radius 2 is 1.43 bits per heavy atom. The maximum atomic E-state index is 12.7. The summed E-state index contributed by atoms with van der Waals surface area (Å²) in [6.07, 6.45) is 0. The van der Waals surface area contributed by atoms with Gasteiger partial charge in [0.1, 0.15) is 0 Å². The molecular formula is C26H21N3O. The van der Waals surface area contributed by atoms with E-state index in [-0.39, 0.29) is 5.69 Å². The van der Waals surface area contributed by atoms with Crippen LogP contribution in [0.2, 0.25) is 0 Å². The number of nitrogens with one attached hydrogen (secondary N) is 2. The molecule has 0 spiro atoms. The van der Waals surface area contributed by atoms with E-state index in [9.17, 15) is 4.79 Å². The highest BCUT2D eigenvalue weighted by Crippen LogP contribution is 2.23. The van der Waals surface area contributed by atoms with Crippen molar-refractivity contribution in [3.8, 4) is 11.1 Å². The first kappa shape index (κ1) is 18.0. The predicted octanol–water partition coefficient (Wildman–Crippen LogP) is 5.79. The van der Waals surface area contributed by atoms with Gasteiger partial charge in [0.05, 0.1) is 17.6 Å². The van der Waals surface area contributed by atoms with E-state index in [2.05, 4.69) is 40.6 Å². The average Bonchev–Trinajstić information content (AvgIpc) is 3.09. The van der Waals surface area contributed by atoms with Gasteiger partial charge in [-0.05, 0) is 53.1 Å². The molecule has 0 aliphatic rings. The standard InChI is InChI=1S/C26H21N3O/c30-26-28-24-17-23(27-22-12-5-2-6-13-22)14-15-25(24)29(26)18-19-8-7-11-21(16-19)20-9-3-1-4-10-20/h1-17,27H,18H2,(H,28,30). The van der Waals surface area contributed by atoms with E-state index in [1.54, 1.807) is 4.57 Å². The van der Waals surface area contributed by atoms with Crippen LogP contribution in [-0.4, -0.2) is 9.55 Å². The molecular weight excluding hydrogens is 370 g/mol. The lowest BCUT2D eigenvalue weighted by molar-refractivity contribution is 0.787. The normalized spacial score (nSPS) is 10.9. The number of aromatic nitrogens is 2. The molecule has 5 aromatic rings. The Labute approximate surface area is 174 Å². The van der Waals surface area contributed by atoms with E-state index in [4.69, 9.17) is 0 Å². The van der Waals surface area contributed by atoms with E-state index in [0.717, 1.165) is 33.5 Å². The lowest BCUT2D eigenvalue weighted by atomic mass is 10.0. The van der Waals surface area contributed by atoms with Crippen molar-refractivity contribution < 1.29 is 0 Å². The van der Waals surface area contributed by atoms with Gasteiger partial charge in [-0.2, -0.15) is 0 Å². The predicted molar refractivity (Wildman–Crippen MR) is 123 cm³/mol. The summed E-state index contributed by atoms with van der Waals surface area (Å²) in [6.45, 7) is 0.519. The van der Waals surface area contributed by atoms with Crippen LogP contribution in [0.5, 0.6) is 0 Å². The lowest BCUT2D eigenvalue weighted by Gasteiger charge is -2.08. The number of aromatic amines is 1. The Morgan fingerprint density at radius 3 is 2.23 bits per heavy atom. The largest absolute Gasteiger partial charge is 0.355 e. The van der Waals surface area contributed by atoms with Gasteiger partial charge in [0.2, 0.25) is 0 Å². The molecule has 0 radical (unpaired) electrons. The van der Waals surface area contributed by atoms with E-state index in [1.165, 1.54) is 5.56 Å². The number of anilines is 2. The second-order valence-electron chi connectivity index (χ2n) is 7.31. The second kappa shape index (κ2) is 7.76. The van der Waals surface area contributed by atoms with Crippen LogP contribution in [0.1, 0.15) is 5.56 Å². The zero-order valence-electron chi connectivity index (χ0n) is 16.4. The molecule has 0 atom stereocenters. The minimum atomic E-state index is -0.105. The molecule has 0 aliphatic carbocycles. The van der Waals surface area contributed by atoms with Gasteiger partial charge in [-0.25, -0.2) is 4.79 Å². The first-order valence-corrected chi connectivity index (χ1v) is 9.95. The van der Waals surface area contributed by atoms with Crippen LogP contribution in [0, 0.1) is 0 Å². The van der Waals surface area contributed by atoms with Gasteiger partial charge >= 0.3 is 5.69 Å². The fraction of sp³-hybridized carbons (Fsp3) is 0.0385. The van der Waals surface area contributed by atoms with Crippen molar-refractivity contribution in [2.24, 2.45) is 0 Å². The van der Waals surface area contributed by atoms with Crippen LogP contribution in [0.15, 0.2) is 108 Å². The number of benzene rings is 4. The van der Waals surface area contributed by atoms with Gasteiger partial charge in [0.15, 0.2) is 0 Å². The summed E-state index contributed by atoms with van der Waals surface area (Å²) in [5.74, 6) is 0. The number of hydrogen-bond donors (Lipinski definition) is 2. The highest BCUT2D eigenvalue weighted by atomic mass is 16.1. The third-order valence-electron chi connectivity index (χ3n) is 5.21. The Morgan fingerprint density at radius 1 is 0.700 bits per heavy atom. The monoisotopic (exact) mass is 391 g/mol. The summed E-state index contributed by atoms with van der Waals surface area (Å²) >= 11 is 0. The van der Waals surface area contributed by atoms with Crippen molar-refractivity contribution in [1.29, 1.82) is 0 Å². The minimum absolute atomic E-state index is 0.105. The molecule has 5 rings (SSSR count). The summed E-state index contributed by atoms with van der Waals surface area (Å²) in [5, 5.41) is 3.37. The Bertz CT molecular complexity index is 1350. The fourth-order valence-electron chi connectivity index (χ4n) is 3.75. The van der Waals surface area contributed by atoms with Crippen LogP contribution < -0.4 is 11.0 Å². The molecule has 1 aromatic heterocycles. The van der Waals surface area contributed by atoms with Crippen molar-refractivity contribution in [3.63, 3.8) is 0 Å². The van der Waals surface area contributed by atoms with Gasteiger partial charge in [0.25, 0.3) is 0 Å². The SMILES string of the molecule is O=c1[nH]c2cc(Nc3ccccc3)ccc2n1Cc1cccc(-c2ccccc2)c1. The lowest BCUT2D eigenvalue weighted by Crippen LogP contribution is -2.17. The molecule has 0 fully saturated rings. The Kier molecular flexibility index (Phi) is 4.66. The van der Waals surface area contributed by atoms with E-state index in [0.29, 0.717) is 6.54 Å². The first-order valence-electron chi connectivity index (χ1n) is 9.95. The third kappa shape index (κ3) is 3.63. The minimum Gasteiger partial charge on any atom is -0.355 e. The second-order valence-corrected chi connectivity index (χ2v) is 7.31. The summed E-state index contributed by atoms with van der Waals surface area (Å²) in [4.78, 5) is 15.6. The van der Waals surface area contributed by atoms with Gasteiger partial charge < -0.3 is 10.3 Å². The first-order chi connectivity index (χ1) is 14.8. The van der Waals surface area contributed by atoms with Crippen LogP contribution in [-0.2, 0) is 6.54 Å². The van der Waals surface area contributed by atoms with Crippen molar-refractivity contribution in [1.82, 2.24) is 9.55 Å². The maximum Gasteiger partial charge on any atom is 0.326 e. The summed E-state index contributed by atoms with van der Waals surface area (Å²) in [5.41, 5.74) is 6.96. The highest BCUT2D eigenvalue weighted by molar-refractivity contribution is 5.81. The summed E-state index contributed by atoms with van der Waals surface area (Å²) in [6, 6.07) is 34.6. The van der Waals surface area contributed by atoms with Crippen LogP contribution in [0.3, 0.4) is 0 Å². The smallest absolute Gasteiger partial charge is 0.326 e. The van der Waals surface area contributed by atoms with Crippen molar-refractivity contribution in [2.45, 2.75) is 6.54 Å². The van der Waals surface area contributed by atoms with Crippen LogP contribution >= 0.6 is 0 Å². The molecule has 0 aliphatic heterocycles. The molecule has 0 saturated heterocycles. The van der Waals surface area contributed by atoms with Crippen LogP contribution in [0.25, 0.3) is 22.2 Å². The van der Waals surface area contributed by atoms with Gasteiger partial charge in [-0.1, -0.05) is 66.7 Å². The van der Waals surface area contributed by atoms with Gasteiger partial charge in [-0.15, -0.1) is 0 Å². The summed E-state index contributed by atoms with van der Waals surface area (Å²) in [7, 11) is 0. The average molecular weight is 391 g/mol. The van der Waals surface area contributed by atoms with Crippen LogP contribution in [0.4, 0.5) is 11.4 Å². The molecule has 0 bridgehead atoms. The van der Waals surface area contributed by atoms with Crippen molar-refractivity contribution in [2.75, 3.05) is 5.32 Å². The van der Waals surface area contributed by atoms with Gasteiger partial charge in [-0.3, -0.25) is 4.57 Å². The maximum absolute atomic E-state index is 12.7. The number of H-pyrrole nitrogens is 1. The molecule has 4 nitrogen and oxygen atoms in total. The quantitative estimate of drug-likeness (QED) is 0.398. The third-order valence-corrected chi connectivity index (χ3v) is 5.21. The molecule has 2 N–H and O–H groups in total. The Hall–Kier alpha value is -4.05. The van der Waals surface area contributed by atoms with Crippen molar-refractivity contribution in [3.05, 3.63) is 119 Å². The number of para-hydroxylation sites is 1.